The van der Waals surface area contributed by atoms with Crippen LogP contribution in [0.1, 0.15) is 37.7 Å². The molecule has 0 saturated carbocycles. The van der Waals surface area contributed by atoms with Crippen molar-refractivity contribution in [2.75, 3.05) is 5.32 Å². The number of aromatic carboxylic acids is 1. The number of hydrogen-bond donors (Lipinski definition) is 2. The first-order valence-electron chi connectivity index (χ1n) is 8.70. The Kier molecular flexibility index (Phi) is 5.76. The van der Waals surface area contributed by atoms with Crippen molar-refractivity contribution in [2.24, 2.45) is 0 Å². The number of aryl methyl sites for hydroxylation is 1. The van der Waals surface area contributed by atoms with Crippen LogP contribution in [0.25, 0.3) is 5.69 Å². The van der Waals surface area contributed by atoms with Crippen LogP contribution < -0.4 is 5.32 Å². The maximum absolute atomic E-state index is 13.5. The molecular formula is C21H16BrF3N2O3. The van der Waals surface area contributed by atoms with Gasteiger partial charge < -0.3 is 15.0 Å². The summed E-state index contributed by atoms with van der Waals surface area (Å²) in [4.78, 5) is 24.3. The quantitative estimate of drug-likeness (QED) is 0.493. The summed E-state index contributed by atoms with van der Waals surface area (Å²) in [6.45, 7) is 3.13. The number of carbonyl (C=O) groups excluding carboxylic acids is 1. The van der Waals surface area contributed by atoms with Crippen molar-refractivity contribution < 1.29 is 27.9 Å². The van der Waals surface area contributed by atoms with E-state index in [4.69, 9.17) is 0 Å². The predicted molar refractivity (Wildman–Crippen MR) is 109 cm³/mol. The molecule has 5 nitrogen and oxygen atoms in total. The molecule has 1 amide bonds. The molecule has 0 aliphatic carbocycles. The van der Waals surface area contributed by atoms with Gasteiger partial charge in [-0.3, -0.25) is 4.79 Å². The molecule has 0 saturated heterocycles. The molecule has 9 heteroatoms. The van der Waals surface area contributed by atoms with Gasteiger partial charge in [0.2, 0.25) is 0 Å². The number of amides is 1. The molecule has 0 radical (unpaired) electrons. The summed E-state index contributed by atoms with van der Waals surface area (Å²) in [6.07, 6.45) is -4.56. The van der Waals surface area contributed by atoms with Gasteiger partial charge in [0.15, 0.2) is 0 Å². The molecule has 0 atom stereocenters. The smallest absolute Gasteiger partial charge is 0.418 e. The van der Waals surface area contributed by atoms with Gasteiger partial charge in [-0.2, -0.15) is 13.2 Å². The van der Waals surface area contributed by atoms with E-state index in [1.165, 1.54) is 47.9 Å². The third-order valence-corrected chi connectivity index (χ3v) is 5.08. The Balaban J connectivity index is 2.04. The Morgan fingerprint density at radius 1 is 1.03 bits per heavy atom. The summed E-state index contributed by atoms with van der Waals surface area (Å²) < 4.78 is 42.2. The molecule has 3 rings (SSSR count). The number of halogens is 4. The third-order valence-electron chi connectivity index (χ3n) is 4.59. The van der Waals surface area contributed by atoms with E-state index in [1.807, 2.05) is 0 Å². The van der Waals surface area contributed by atoms with Gasteiger partial charge in [-0.25, -0.2) is 4.79 Å². The minimum atomic E-state index is -4.56. The zero-order valence-corrected chi connectivity index (χ0v) is 17.4. The standard InChI is InChI=1S/C21H16BrF3N2O3/c1-11-9-14(19(28)26-17-8-7-13(22)10-15(17)20(29)30)12(2)27(11)18-6-4-3-5-16(18)21(23,24)25/h3-10H,1-2H3,(H,26,28)(H,29,30). The van der Waals surface area contributed by atoms with Crippen molar-refractivity contribution in [2.45, 2.75) is 20.0 Å². The first-order chi connectivity index (χ1) is 14.0. The zero-order valence-electron chi connectivity index (χ0n) is 15.8. The molecule has 0 bridgehead atoms. The normalized spacial score (nSPS) is 11.4. The van der Waals surface area contributed by atoms with Crippen LogP contribution in [0, 0.1) is 13.8 Å². The molecule has 30 heavy (non-hydrogen) atoms. The van der Waals surface area contributed by atoms with E-state index >= 15 is 0 Å². The summed E-state index contributed by atoms with van der Waals surface area (Å²) in [5.41, 5.74) is -0.0677. The van der Waals surface area contributed by atoms with Crippen LogP contribution in [-0.4, -0.2) is 21.6 Å². The number of nitrogens with one attached hydrogen (secondary N) is 1. The molecule has 1 heterocycles. The molecule has 2 aromatic carbocycles. The zero-order chi connectivity index (χ0) is 22.2. The van der Waals surface area contributed by atoms with Crippen LogP contribution in [0.5, 0.6) is 0 Å². The molecule has 1 aromatic heterocycles. The van der Waals surface area contributed by atoms with Gasteiger partial charge in [-0.1, -0.05) is 28.1 Å². The number of carboxylic acid groups (broad SMARTS) is 1. The van der Waals surface area contributed by atoms with Crippen molar-refractivity contribution in [1.29, 1.82) is 0 Å². The van der Waals surface area contributed by atoms with Crippen LogP contribution in [0.3, 0.4) is 0 Å². The van der Waals surface area contributed by atoms with Crippen molar-refractivity contribution in [1.82, 2.24) is 4.57 Å². The average Bonchev–Trinajstić information content (AvgIpc) is 2.96. The van der Waals surface area contributed by atoms with Crippen LogP contribution in [0.2, 0.25) is 0 Å². The predicted octanol–water partition coefficient (Wildman–Crippen LogP) is 5.83. The van der Waals surface area contributed by atoms with E-state index in [0.29, 0.717) is 15.9 Å². The van der Waals surface area contributed by atoms with Gasteiger partial charge in [0.1, 0.15) is 0 Å². The van der Waals surface area contributed by atoms with E-state index in [2.05, 4.69) is 21.2 Å². The molecule has 0 aliphatic heterocycles. The summed E-state index contributed by atoms with van der Waals surface area (Å²) in [5.74, 6) is -1.85. The Morgan fingerprint density at radius 3 is 2.33 bits per heavy atom. The fraction of sp³-hybridized carbons (Fsp3) is 0.143. The number of aromatic nitrogens is 1. The molecule has 156 valence electrons. The van der Waals surface area contributed by atoms with Crippen molar-refractivity contribution >= 4 is 33.5 Å². The number of anilines is 1. The van der Waals surface area contributed by atoms with Crippen molar-refractivity contribution in [3.05, 3.63) is 81.1 Å². The van der Waals surface area contributed by atoms with E-state index in [9.17, 15) is 27.9 Å². The average molecular weight is 481 g/mol. The number of carboxylic acids is 1. The molecule has 0 spiro atoms. The lowest BCUT2D eigenvalue weighted by atomic mass is 10.1. The Hall–Kier alpha value is -3.07. The van der Waals surface area contributed by atoms with E-state index in [1.54, 1.807) is 13.0 Å². The largest absolute Gasteiger partial charge is 0.478 e. The van der Waals surface area contributed by atoms with Crippen LogP contribution in [0.4, 0.5) is 18.9 Å². The maximum Gasteiger partial charge on any atom is 0.418 e. The van der Waals surface area contributed by atoms with Gasteiger partial charge in [-0.15, -0.1) is 0 Å². The fourth-order valence-electron chi connectivity index (χ4n) is 3.26. The SMILES string of the molecule is Cc1cc(C(=O)Nc2ccc(Br)cc2C(=O)O)c(C)n1-c1ccccc1C(F)(F)F. The van der Waals surface area contributed by atoms with Gasteiger partial charge in [0.25, 0.3) is 5.91 Å². The second-order valence-corrected chi connectivity index (χ2v) is 7.50. The highest BCUT2D eigenvalue weighted by Gasteiger charge is 2.34. The minimum Gasteiger partial charge on any atom is -0.478 e. The summed E-state index contributed by atoms with van der Waals surface area (Å²) in [5, 5.41) is 11.9. The number of alkyl halides is 3. The maximum atomic E-state index is 13.5. The summed E-state index contributed by atoms with van der Waals surface area (Å²) in [6, 6.07) is 10.9. The van der Waals surface area contributed by atoms with Crippen molar-refractivity contribution in [3.8, 4) is 5.69 Å². The number of benzene rings is 2. The summed E-state index contributed by atoms with van der Waals surface area (Å²) in [7, 11) is 0. The Bertz CT molecular complexity index is 1150. The Labute approximate surface area is 178 Å². The number of rotatable bonds is 4. The van der Waals surface area contributed by atoms with Crippen LogP contribution in [-0.2, 0) is 6.18 Å². The minimum absolute atomic E-state index is 0.0798. The molecule has 0 unspecified atom stereocenters. The lowest BCUT2D eigenvalue weighted by molar-refractivity contribution is -0.137. The van der Waals surface area contributed by atoms with Crippen molar-refractivity contribution in [3.63, 3.8) is 0 Å². The monoisotopic (exact) mass is 480 g/mol. The second kappa shape index (κ2) is 7.98. The Morgan fingerprint density at radius 2 is 1.70 bits per heavy atom. The molecule has 0 aliphatic rings. The molecule has 3 aromatic rings. The van der Waals surface area contributed by atoms with E-state index in [-0.39, 0.29) is 22.5 Å². The number of hydrogen-bond acceptors (Lipinski definition) is 2. The number of para-hydroxylation sites is 1. The molecular weight excluding hydrogens is 465 g/mol. The third kappa shape index (κ3) is 4.11. The van der Waals surface area contributed by atoms with Gasteiger partial charge in [0, 0.05) is 15.9 Å². The molecule has 0 fully saturated rings. The van der Waals surface area contributed by atoms with Gasteiger partial charge in [-0.05, 0) is 50.2 Å². The lowest BCUT2D eigenvalue weighted by Crippen LogP contribution is -2.16. The topological polar surface area (TPSA) is 71.3 Å². The van der Waals surface area contributed by atoms with Gasteiger partial charge >= 0.3 is 12.1 Å². The number of nitrogens with zero attached hydrogens (tertiary/aromatic N) is 1. The molecule has 2 N–H and O–H groups in total. The highest BCUT2D eigenvalue weighted by molar-refractivity contribution is 9.10. The number of carbonyl (C=O) groups is 2. The first kappa shape index (κ1) is 21.6. The highest BCUT2D eigenvalue weighted by Crippen LogP contribution is 2.35. The van der Waals surface area contributed by atoms with E-state index in [0.717, 1.165) is 6.07 Å². The van der Waals surface area contributed by atoms with Crippen LogP contribution in [0.15, 0.2) is 53.0 Å². The first-order valence-corrected chi connectivity index (χ1v) is 9.49. The van der Waals surface area contributed by atoms with Gasteiger partial charge in [0.05, 0.1) is 28.1 Å². The highest BCUT2D eigenvalue weighted by atomic mass is 79.9. The van der Waals surface area contributed by atoms with E-state index < -0.39 is 23.6 Å². The fourth-order valence-corrected chi connectivity index (χ4v) is 3.62. The van der Waals surface area contributed by atoms with Crippen LogP contribution >= 0.6 is 15.9 Å². The summed E-state index contributed by atoms with van der Waals surface area (Å²) >= 11 is 3.18. The second-order valence-electron chi connectivity index (χ2n) is 6.58. The lowest BCUT2D eigenvalue weighted by Gasteiger charge is -2.17.